The van der Waals surface area contributed by atoms with Crippen LogP contribution in [0.4, 0.5) is 5.69 Å². The van der Waals surface area contributed by atoms with E-state index >= 15 is 0 Å². The molecule has 2 heterocycles. The van der Waals surface area contributed by atoms with Crippen molar-refractivity contribution in [2.75, 3.05) is 11.9 Å². The normalized spacial score (nSPS) is 25.1. The summed E-state index contributed by atoms with van der Waals surface area (Å²) in [6.45, 7) is 5.26. The Hall–Kier alpha value is -0.540. The van der Waals surface area contributed by atoms with Gasteiger partial charge in [-0.1, -0.05) is 0 Å². The number of hydrogen-bond donors (Lipinski definition) is 1. The van der Waals surface area contributed by atoms with Gasteiger partial charge < -0.3 is 10.1 Å². The van der Waals surface area contributed by atoms with Crippen molar-refractivity contribution >= 4 is 17.0 Å². The summed E-state index contributed by atoms with van der Waals surface area (Å²) < 4.78 is 5.89. The van der Waals surface area contributed by atoms with Gasteiger partial charge in [-0.25, -0.2) is 0 Å². The molecule has 0 radical (unpaired) electrons. The summed E-state index contributed by atoms with van der Waals surface area (Å²) >= 11 is 1.72. The van der Waals surface area contributed by atoms with Gasteiger partial charge in [0.2, 0.25) is 0 Å². The van der Waals surface area contributed by atoms with E-state index in [-0.39, 0.29) is 5.60 Å². The quantitative estimate of drug-likeness (QED) is 0.829. The molecule has 1 N–H and O–H groups in total. The monoisotopic (exact) mass is 211 g/mol. The van der Waals surface area contributed by atoms with Gasteiger partial charge in [-0.3, -0.25) is 0 Å². The highest BCUT2D eigenvalue weighted by Crippen LogP contribution is 2.29. The van der Waals surface area contributed by atoms with Gasteiger partial charge in [0.15, 0.2) is 0 Å². The van der Waals surface area contributed by atoms with Crippen LogP contribution in [0, 0.1) is 0 Å². The van der Waals surface area contributed by atoms with Gasteiger partial charge in [-0.05, 0) is 38.1 Å². The minimum absolute atomic E-state index is 0.0843. The highest BCUT2D eigenvalue weighted by molar-refractivity contribution is 7.08. The lowest BCUT2D eigenvalue weighted by Crippen LogP contribution is -2.24. The topological polar surface area (TPSA) is 21.3 Å². The molecule has 0 amide bonds. The first-order valence-electron chi connectivity index (χ1n) is 5.10. The fourth-order valence-electron chi connectivity index (χ4n) is 1.82. The number of rotatable bonds is 3. The van der Waals surface area contributed by atoms with Gasteiger partial charge >= 0.3 is 0 Å². The van der Waals surface area contributed by atoms with Crippen LogP contribution in [0.5, 0.6) is 0 Å². The summed E-state index contributed by atoms with van der Waals surface area (Å²) in [5.74, 6) is 0. The molecule has 0 saturated carbocycles. The van der Waals surface area contributed by atoms with Crippen LogP contribution in [-0.4, -0.2) is 18.2 Å². The maximum Gasteiger partial charge on any atom is 0.0755 e. The van der Waals surface area contributed by atoms with Gasteiger partial charge in [-0.15, -0.1) is 0 Å². The van der Waals surface area contributed by atoms with Crippen LogP contribution in [0.2, 0.25) is 0 Å². The van der Waals surface area contributed by atoms with Gasteiger partial charge in [0.05, 0.1) is 11.7 Å². The van der Waals surface area contributed by atoms with Crippen molar-refractivity contribution in [3.8, 4) is 0 Å². The molecule has 0 bridgehead atoms. The highest BCUT2D eigenvalue weighted by atomic mass is 32.1. The lowest BCUT2D eigenvalue weighted by Gasteiger charge is -2.19. The summed E-state index contributed by atoms with van der Waals surface area (Å²) in [6, 6.07) is 2.10. The Balaban J connectivity index is 1.78. The smallest absolute Gasteiger partial charge is 0.0755 e. The minimum Gasteiger partial charge on any atom is -0.382 e. The van der Waals surface area contributed by atoms with Crippen LogP contribution in [0.3, 0.4) is 0 Å². The van der Waals surface area contributed by atoms with E-state index < -0.39 is 0 Å². The fraction of sp³-hybridized carbons (Fsp3) is 0.636. The van der Waals surface area contributed by atoms with Crippen LogP contribution in [0.15, 0.2) is 16.8 Å². The molecule has 1 aromatic rings. The maximum absolute atomic E-state index is 5.89. The Bertz CT molecular complexity index is 281. The number of hydrogen-bond acceptors (Lipinski definition) is 3. The predicted molar refractivity (Wildman–Crippen MR) is 61.0 cm³/mol. The van der Waals surface area contributed by atoms with E-state index in [9.17, 15) is 0 Å². The zero-order chi connectivity index (χ0) is 10.0. The predicted octanol–water partition coefficient (Wildman–Crippen LogP) is 3.12. The molecule has 1 unspecified atom stereocenters. The van der Waals surface area contributed by atoms with Crippen molar-refractivity contribution < 1.29 is 4.74 Å². The maximum atomic E-state index is 5.89. The summed E-state index contributed by atoms with van der Waals surface area (Å²) in [5, 5.41) is 7.60. The molecular formula is C11H17NOS. The Morgan fingerprint density at radius 1 is 1.64 bits per heavy atom. The SMILES string of the molecule is CC1(C)CCC(CNc2ccsc2)O1. The Kier molecular flexibility index (Phi) is 2.79. The number of nitrogens with one attached hydrogen (secondary N) is 1. The molecular weight excluding hydrogens is 194 g/mol. The summed E-state index contributed by atoms with van der Waals surface area (Å²) in [6.07, 6.45) is 2.72. The van der Waals surface area contributed by atoms with E-state index in [2.05, 4.69) is 36.0 Å². The first-order valence-corrected chi connectivity index (χ1v) is 6.04. The molecule has 0 spiro atoms. The number of ether oxygens (including phenoxy) is 1. The van der Waals surface area contributed by atoms with Crippen LogP contribution in [-0.2, 0) is 4.74 Å². The van der Waals surface area contributed by atoms with Crippen LogP contribution >= 0.6 is 11.3 Å². The standard InChI is InChI=1S/C11H17NOS/c1-11(2)5-3-10(13-11)7-12-9-4-6-14-8-9/h4,6,8,10,12H,3,5,7H2,1-2H3. The van der Waals surface area contributed by atoms with Crippen LogP contribution in [0.1, 0.15) is 26.7 Å². The third kappa shape index (κ3) is 2.49. The second kappa shape index (κ2) is 3.91. The van der Waals surface area contributed by atoms with Gasteiger partial charge in [0.1, 0.15) is 0 Å². The molecule has 14 heavy (non-hydrogen) atoms. The zero-order valence-corrected chi connectivity index (χ0v) is 9.56. The van der Waals surface area contributed by atoms with Gasteiger partial charge in [0, 0.05) is 17.6 Å². The molecule has 78 valence electrons. The van der Waals surface area contributed by atoms with E-state index in [1.165, 1.54) is 18.5 Å². The minimum atomic E-state index is 0.0843. The molecule has 1 aliphatic heterocycles. The average Bonchev–Trinajstić information content (AvgIpc) is 2.70. The second-order valence-electron chi connectivity index (χ2n) is 4.43. The molecule has 2 rings (SSSR count). The third-order valence-electron chi connectivity index (χ3n) is 2.61. The molecule has 1 atom stereocenters. The molecule has 3 heteroatoms. The van der Waals surface area contributed by atoms with Crippen molar-refractivity contribution in [1.82, 2.24) is 0 Å². The molecule has 0 aliphatic carbocycles. The van der Waals surface area contributed by atoms with Crippen molar-refractivity contribution in [2.45, 2.75) is 38.4 Å². The van der Waals surface area contributed by atoms with Crippen molar-refractivity contribution in [3.05, 3.63) is 16.8 Å². The Labute approximate surface area is 89.3 Å². The van der Waals surface area contributed by atoms with E-state index in [1.54, 1.807) is 11.3 Å². The van der Waals surface area contributed by atoms with Crippen molar-refractivity contribution in [1.29, 1.82) is 0 Å². The van der Waals surface area contributed by atoms with Crippen molar-refractivity contribution in [2.24, 2.45) is 0 Å². The van der Waals surface area contributed by atoms with Crippen LogP contribution in [0.25, 0.3) is 0 Å². The lowest BCUT2D eigenvalue weighted by atomic mass is 10.1. The molecule has 0 aromatic carbocycles. The zero-order valence-electron chi connectivity index (χ0n) is 8.75. The van der Waals surface area contributed by atoms with E-state index in [1.807, 2.05) is 0 Å². The van der Waals surface area contributed by atoms with Gasteiger partial charge in [0.25, 0.3) is 0 Å². The Morgan fingerprint density at radius 2 is 2.50 bits per heavy atom. The molecule has 1 saturated heterocycles. The lowest BCUT2D eigenvalue weighted by molar-refractivity contribution is -0.00910. The molecule has 1 aliphatic rings. The number of thiophene rings is 1. The summed E-state index contributed by atoms with van der Waals surface area (Å²) in [7, 11) is 0. The highest BCUT2D eigenvalue weighted by Gasteiger charge is 2.31. The molecule has 1 fully saturated rings. The average molecular weight is 211 g/mol. The summed E-state index contributed by atoms with van der Waals surface area (Å²) in [5.41, 5.74) is 1.30. The third-order valence-corrected chi connectivity index (χ3v) is 3.29. The van der Waals surface area contributed by atoms with E-state index in [0.29, 0.717) is 6.10 Å². The Morgan fingerprint density at radius 3 is 3.07 bits per heavy atom. The van der Waals surface area contributed by atoms with E-state index in [4.69, 9.17) is 4.74 Å². The second-order valence-corrected chi connectivity index (χ2v) is 5.21. The largest absolute Gasteiger partial charge is 0.382 e. The number of anilines is 1. The molecule has 2 nitrogen and oxygen atoms in total. The molecule has 1 aromatic heterocycles. The first-order chi connectivity index (χ1) is 6.66. The summed E-state index contributed by atoms with van der Waals surface area (Å²) in [4.78, 5) is 0. The van der Waals surface area contributed by atoms with Crippen molar-refractivity contribution in [3.63, 3.8) is 0 Å². The first kappa shape index (κ1) is 9.99. The fourth-order valence-corrected chi connectivity index (χ4v) is 2.43. The van der Waals surface area contributed by atoms with E-state index in [0.717, 1.165) is 6.54 Å². The van der Waals surface area contributed by atoms with Gasteiger partial charge in [-0.2, -0.15) is 11.3 Å². The van der Waals surface area contributed by atoms with Crippen LogP contribution < -0.4 is 5.32 Å².